The molecule has 0 spiro atoms. The van der Waals surface area contributed by atoms with Crippen molar-refractivity contribution in [2.75, 3.05) is 25.7 Å². The zero-order valence-corrected chi connectivity index (χ0v) is 17.7. The number of rotatable bonds is 5. The van der Waals surface area contributed by atoms with Crippen LogP contribution in [0.5, 0.6) is 5.75 Å². The number of esters is 1. The fourth-order valence-corrected chi connectivity index (χ4v) is 7.17. The number of thioether (sulfide) groups is 2. The van der Waals surface area contributed by atoms with Gasteiger partial charge < -0.3 is 9.47 Å². The number of carbonyl (C=O) groups excluding carboxylic acids is 1. The Balaban J connectivity index is 1.84. The highest BCUT2D eigenvalue weighted by molar-refractivity contribution is 8.17. The lowest BCUT2D eigenvalue weighted by atomic mass is 9.63. The summed E-state index contributed by atoms with van der Waals surface area (Å²) in [7, 11) is 3.17. The van der Waals surface area contributed by atoms with E-state index in [1.54, 1.807) is 7.11 Å². The van der Waals surface area contributed by atoms with Gasteiger partial charge in [-0.25, -0.2) is 0 Å². The van der Waals surface area contributed by atoms with Crippen molar-refractivity contribution in [3.63, 3.8) is 0 Å². The first kappa shape index (κ1) is 19.5. The van der Waals surface area contributed by atoms with Crippen LogP contribution >= 0.6 is 23.5 Å². The van der Waals surface area contributed by atoms with Gasteiger partial charge in [-0.1, -0.05) is 42.5 Å². The Morgan fingerprint density at radius 2 is 1.64 bits per heavy atom. The number of ether oxygens (including phenoxy) is 2. The lowest BCUT2D eigenvalue weighted by Gasteiger charge is -2.44. The molecule has 1 aliphatic heterocycles. The lowest BCUT2D eigenvalue weighted by Crippen LogP contribution is -2.39. The van der Waals surface area contributed by atoms with Gasteiger partial charge >= 0.3 is 5.97 Å². The third-order valence-electron chi connectivity index (χ3n) is 5.39. The minimum Gasteiger partial charge on any atom is -0.497 e. The van der Waals surface area contributed by atoms with Crippen LogP contribution in [-0.4, -0.2) is 36.3 Å². The zero-order chi connectivity index (χ0) is 19.5. The van der Waals surface area contributed by atoms with Gasteiger partial charge in [0.05, 0.1) is 24.7 Å². The van der Waals surface area contributed by atoms with E-state index >= 15 is 0 Å². The number of benzene rings is 2. The number of hydrogen-bond acceptors (Lipinski definition) is 5. The predicted octanol–water partition coefficient (Wildman–Crippen LogP) is 5.23. The molecular formula is C23H24O3S2. The highest BCUT2D eigenvalue weighted by Crippen LogP contribution is 2.58. The van der Waals surface area contributed by atoms with Gasteiger partial charge in [-0.3, -0.25) is 4.79 Å². The molecule has 4 rings (SSSR count). The summed E-state index contributed by atoms with van der Waals surface area (Å²) in [6, 6.07) is 18.5. The molecule has 1 heterocycles. The Morgan fingerprint density at radius 1 is 0.964 bits per heavy atom. The molecule has 1 saturated heterocycles. The highest BCUT2D eigenvalue weighted by Gasteiger charge is 2.49. The Morgan fingerprint density at radius 3 is 2.25 bits per heavy atom. The maximum Gasteiger partial charge on any atom is 0.313 e. The van der Waals surface area contributed by atoms with Gasteiger partial charge in [0.1, 0.15) is 5.75 Å². The quantitative estimate of drug-likeness (QED) is 0.628. The molecule has 2 aromatic carbocycles. The molecule has 146 valence electrons. The zero-order valence-electron chi connectivity index (χ0n) is 16.1. The van der Waals surface area contributed by atoms with E-state index in [0.717, 1.165) is 22.8 Å². The molecule has 2 atom stereocenters. The highest BCUT2D eigenvalue weighted by atomic mass is 32.2. The maximum atomic E-state index is 12.8. The van der Waals surface area contributed by atoms with E-state index in [9.17, 15) is 4.79 Å². The van der Waals surface area contributed by atoms with Crippen LogP contribution in [0.3, 0.4) is 0 Å². The van der Waals surface area contributed by atoms with Crippen molar-refractivity contribution < 1.29 is 14.3 Å². The number of allylic oxidation sites excluding steroid dienone is 1. The van der Waals surface area contributed by atoms with E-state index < -0.39 is 0 Å². The monoisotopic (exact) mass is 412 g/mol. The summed E-state index contributed by atoms with van der Waals surface area (Å²) in [4.78, 5) is 12.8. The third kappa shape index (κ3) is 3.58. The van der Waals surface area contributed by atoms with Crippen LogP contribution in [0.4, 0.5) is 0 Å². The minimum absolute atomic E-state index is 0.0279. The molecule has 0 saturated carbocycles. The molecule has 0 unspecified atom stereocenters. The minimum atomic E-state index is -0.215. The molecule has 0 aromatic heterocycles. The van der Waals surface area contributed by atoms with Gasteiger partial charge in [-0.2, -0.15) is 0 Å². The fraction of sp³-hybridized carbons (Fsp3) is 0.348. The summed E-state index contributed by atoms with van der Waals surface area (Å²) in [6.45, 7) is 0. The van der Waals surface area contributed by atoms with E-state index in [-0.39, 0.29) is 17.8 Å². The summed E-state index contributed by atoms with van der Waals surface area (Å²) in [5.74, 6) is 2.80. The van der Waals surface area contributed by atoms with E-state index in [0.29, 0.717) is 4.58 Å². The van der Waals surface area contributed by atoms with Gasteiger partial charge in [0.2, 0.25) is 0 Å². The van der Waals surface area contributed by atoms with Gasteiger partial charge in [-0.05, 0) is 52.3 Å². The van der Waals surface area contributed by atoms with Crippen LogP contribution in [0.25, 0.3) is 5.57 Å². The largest absolute Gasteiger partial charge is 0.497 e. The normalized spacial score (nSPS) is 22.5. The third-order valence-corrected chi connectivity index (χ3v) is 8.36. The summed E-state index contributed by atoms with van der Waals surface area (Å²) < 4.78 is 10.9. The molecule has 1 fully saturated rings. The second kappa shape index (κ2) is 8.66. The van der Waals surface area contributed by atoms with Crippen LogP contribution < -0.4 is 4.74 Å². The van der Waals surface area contributed by atoms with Crippen molar-refractivity contribution >= 4 is 35.1 Å². The molecule has 2 aliphatic rings. The topological polar surface area (TPSA) is 35.5 Å². The van der Waals surface area contributed by atoms with E-state index in [1.807, 2.05) is 53.9 Å². The van der Waals surface area contributed by atoms with Crippen molar-refractivity contribution in [1.82, 2.24) is 0 Å². The predicted molar refractivity (Wildman–Crippen MR) is 118 cm³/mol. The standard InChI is InChI=1S/C23H24O3S2/c1-25-17-11-9-16(10-12-17)19-18(15-7-4-3-5-8-15)20(22(24)26-2)21(19)23-27-13-6-14-28-23/h3-5,7-12,18,20,23H,6,13-14H2,1-2H3/t18-,20+/m1/s1. The molecule has 0 amide bonds. The molecule has 0 N–H and O–H groups in total. The number of carbonyl (C=O) groups is 1. The van der Waals surface area contributed by atoms with Crippen LogP contribution in [0.1, 0.15) is 23.5 Å². The molecule has 5 heteroatoms. The van der Waals surface area contributed by atoms with Crippen molar-refractivity contribution in [2.45, 2.75) is 16.9 Å². The maximum absolute atomic E-state index is 12.8. The average molecular weight is 413 g/mol. The van der Waals surface area contributed by atoms with Crippen molar-refractivity contribution in [3.05, 3.63) is 71.3 Å². The van der Waals surface area contributed by atoms with Crippen LogP contribution in [-0.2, 0) is 9.53 Å². The SMILES string of the molecule is COC(=O)[C@@H]1C(C2SCCCS2)=C(c2ccc(OC)cc2)[C@H]1c1ccccc1. The van der Waals surface area contributed by atoms with Gasteiger partial charge in [0, 0.05) is 5.92 Å². The van der Waals surface area contributed by atoms with Crippen LogP contribution in [0, 0.1) is 5.92 Å². The first-order valence-electron chi connectivity index (χ1n) is 9.49. The smallest absolute Gasteiger partial charge is 0.313 e. The van der Waals surface area contributed by atoms with Crippen molar-refractivity contribution in [1.29, 1.82) is 0 Å². The number of hydrogen-bond donors (Lipinski definition) is 0. The first-order chi connectivity index (χ1) is 13.7. The number of methoxy groups -OCH3 is 2. The van der Waals surface area contributed by atoms with Gasteiger partial charge in [-0.15, -0.1) is 23.5 Å². The molecule has 28 heavy (non-hydrogen) atoms. The summed E-state index contributed by atoms with van der Waals surface area (Å²) in [5, 5.41) is 0. The molecular weight excluding hydrogens is 388 g/mol. The van der Waals surface area contributed by atoms with Crippen LogP contribution in [0.15, 0.2) is 60.2 Å². The van der Waals surface area contributed by atoms with Gasteiger partial charge in [0.25, 0.3) is 0 Å². The van der Waals surface area contributed by atoms with E-state index in [1.165, 1.54) is 30.2 Å². The van der Waals surface area contributed by atoms with Crippen LogP contribution in [0.2, 0.25) is 0 Å². The van der Waals surface area contributed by atoms with Crippen molar-refractivity contribution in [3.8, 4) is 5.75 Å². The van der Waals surface area contributed by atoms with Crippen molar-refractivity contribution in [2.24, 2.45) is 5.92 Å². The second-order valence-electron chi connectivity index (χ2n) is 6.91. The first-order valence-corrected chi connectivity index (χ1v) is 11.6. The molecule has 3 nitrogen and oxygen atoms in total. The molecule has 0 radical (unpaired) electrons. The Bertz CT molecular complexity index is 855. The average Bonchev–Trinajstić information content (AvgIpc) is 2.75. The summed E-state index contributed by atoms with van der Waals surface area (Å²) in [5.41, 5.74) is 4.84. The Kier molecular flexibility index (Phi) is 6.02. The molecule has 0 bridgehead atoms. The lowest BCUT2D eigenvalue weighted by molar-refractivity contribution is -0.144. The second-order valence-corrected chi connectivity index (χ2v) is 9.64. The summed E-state index contributed by atoms with van der Waals surface area (Å²) in [6.07, 6.45) is 1.22. The van der Waals surface area contributed by atoms with Gasteiger partial charge in [0.15, 0.2) is 0 Å². The summed E-state index contributed by atoms with van der Waals surface area (Å²) >= 11 is 3.91. The molecule has 1 aliphatic carbocycles. The molecule has 2 aromatic rings. The fourth-order valence-electron chi connectivity index (χ4n) is 4.06. The van der Waals surface area contributed by atoms with E-state index in [4.69, 9.17) is 9.47 Å². The van der Waals surface area contributed by atoms with E-state index in [2.05, 4.69) is 24.3 Å². The Labute approximate surface area is 174 Å². The Hall–Kier alpha value is -1.85.